The molecule has 2 nitrogen and oxygen atoms in total. The van der Waals surface area contributed by atoms with Crippen LogP contribution in [0.25, 0.3) is 16.7 Å². The minimum absolute atomic E-state index is 0.326. The molecule has 1 aromatic heterocycles. The van der Waals surface area contributed by atoms with Gasteiger partial charge >= 0.3 is 0 Å². The second-order valence-electron chi connectivity index (χ2n) is 4.02. The van der Waals surface area contributed by atoms with Crippen molar-refractivity contribution in [2.24, 2.45) is 0 Å². The molecule has 6 heteroatoms. The summed E-state index contributed by atoms with van der Waals surface area (Å²) in [6, 6.07) is 9.53. The van der Waals surface area contributed by atoms with E-state index in [1.54, 1.807) is 28.8 Å². The highest BCUT2D eigenvalue weighted by Crippen LogP contribution is 2.28. The van der Waals surface area contributed by atoms with Crippen LogP contribution in [0.2, 0.25) is 10.0 Å². The highest BCUT2D eigenvalue weighted by atomic mass is 35.5. The maximum Gasteiger partial charge on any atom is 0.182 e. The van der Waals surface area contributed by atoms with Crippen LogP contribution in [0.5, 0.6) is 0 Å². The topological polar surface area (TPSA) is 20.7 Å². The van der Waals surface area contributed by atoms with E-state index in [1.807, 2.05) is 0 Å². The number of hydrogen-bond donors (Lipinski definition) is 1. The van der Waals surface area contributed by atoms with Crippen molar-refractivity contribution in [1.82, 2.24) is 9.55 Å². The number of nitrogens with zero attached hydrogens (tertiary/aromatic N) is 1. The van der Waals surface area contributed by atoms with Gasteiger partial charge in [-0.3, -0.25) is 4.57 Å². The molecule has 0 saturated heterocycles. The van der Waals surface area contributed by atoms with E-state index in [-0.39, 0.29) is 5.82 Å². The van der Waals surface area contributed by atoms with Crippen molar-refractivity contribution in [3.05, 3.63) is 57.0 Å². The first kappa shape index (κ1) is 12.7. The number of H-pyrrole nitrogens is 1. The Hall–Kier alpha value is -1.36. The van der Waals surface area contributed by atoms with Crippen LogP contribution >= 0.6 is 35.4 Å². The third-order valence-corrected chi connectivity index (χ3v) is 3.63. The van der Waals surface area contributed by atoms with E-state index in [2.05, 4.69) is 4.98 Å². The summed E-state index contributed by atoms with van der Waals surface area (Å²) in [7, 11) is 0. The Balaban J connectivity index is 2.39. The summed E-state index contributed by atoms with van der Waals surface area (Å²) < 4.78 is 15.4. The van der Waals surface area contributed by atoms with Crippen LogP contribution < -0.4 is 0 Å². The van der Waals surface area contributed by atoms with Crippen LogP contribution in [0.15, 0.2) is 36.4 Å². The van der Waals surface area contributed by atoms with Crippen molar-refractivity contribution < 1.29 is 4.39 Å². The standard InChI is InChI=1S/C13H7Cl2FN2S/c14-7-1-3-9(15)12(5-7)18-11-4-2-8(16)6-10(11)17-13(18)19/h1-6H,(H,17,19). The van der Waals surface area contributed by atoms with Crippen LogP contribution in [0.3, 0.4) is 0 Å². The van der Waals surface area contributed by atoms with E-state index in [9.17, 15) is 4.39 Å². The fraction of sp³-hybridized carbons (Fsp3) is 0. The molecule has 0 aliphatic carbocycles. The number of halogens is 3. The van der Waals surface area contributed by atoms with Gasteiger partial charge in [-0.15, -0.1) is 0 Å². The SMILES string of the molecule is Fc1ccc2c(c1)[nH]c(=S)n2-c1cc(Cl)ccc1Cl. The highest BCUT2D eigenvalue weighted by molar-refractivity contribution is 7.71. The Morgan fingerprint density at radius 3 is 2.68 bits per heavy atom. The second kappa shape index (κ2) is 4.63. The van der Waals surface area contributed by atoms with Crippen molar-refractivity contribution in [3.63, 3.8) is 0 Å². The molecule has 0 aliphatic heterocycles. The van der Waals surface area contributed by atoms with Gasteiger partial charge in [0.1, 0.15) is 5.82 Å². The molecule has 0 aliphatic rings. The molecule has 3 rings (SSSR count). The number of imidazole rings is 1. The number of fused-ring (bicyclic) bond motifs is 1. The summed E-state index contributed by atoms with van der Waals surface area (Å²) in [6.07, 6.45) is 0. The molecule has 0 amide bonds. The van der Waals surface area contributed by atoms with E-state index < -0.39 is 0 Å². The predicted molar refractivity (Wildman–Crippen MR) is 78.4 cm³/mol. The van der Waals surface area contributed by atoms with E-state index in [1.165, 1.54) is 12.1 Å². The monoisotopic (exact) mass is 312 g/mol. The zero-order valence-electron chi connectivity index (χ0n) is 9.45. The van der Waals surface area contributed by atoms with E-state index in [0.717, 1.165) is 5.52 Å². The molecule has 0 atom stereocenters. The smallest absolute Gasteiger partial charge is 0.182 e. The third kappa shape index (κ3) is 2.16. The number of benzene rings is 2. The normalized spacial score (nSPS) is 11.1. The minimum atomic E-state index is -0.326. The van der Waals surface area contributed by atoms with Crippen molar-refractivity contribution in [2.75, 3.05) is 0 Å². The van der Waals surface area contributed by atoms with Crippen molar-refractivity contribution in [3.8, 4) is 5.69 Å². The fourth-order valence-corrected chi connectivity index (χ4v) is 2.66. The van der Waals surface area contributed by atoms with E-state index in [4.69, 9.17) is 35.4 Å². The lowest BCUT2D eigenvalue weighted by atomic mass is 10.2. The first-order valence-electron chi connectivity index (χ1n) is 5.42. The molecule has 0 fully saturated rings. The maximum atomic E-state index is 13.2. The Morgan fingerprint density at radius 1 is 1.11 bits per heavy atom. The molecule has 96 valence electrons. The zero-order valence-corrected chi connectivity index (χ0v) is 11.8. The first-order chi connectivity index (χ1) is 9.06. The Morgan fingerprint density at radius 2 is 1.89 bits per heavy atom. The van der Waals surface area contributed by atoms with Gasteiger partial charge in [0.2, 0.25) is 0 Å². The van der Waals surface area contributed by atoms with Gasteiger partial charge in [-0.25, -0.2) is 4.39 Å². The summed E-state index contributed by atoms with van der Waals surface area (Å²) >= 11 is 17.4. The van der Waals surface area contributed by atoms with Crippen LogP contribution in [-0.4, -0.2) is 9.55 Å². The molecule has 0 unspecified atom stereocenters. The summed E-state index contributed by atoms with van der Waals surface area (Å²) in [6.45, 7) is 0. The number of aromatic amines is 1. The minimum Gasteiger partial charge on any atom is -0.330 e. The number of aromatic nitrogens is 2. The number of hydrogen-bond acceptors (Lipinski definition) is 1. The Kier molecular flexibility index (Phi) is 3.09. The van der Waals surface area contributed by atoms with Gasteiger partial charge in [0.05, 0.1) is 21.7 Å². The van der Waals surface area contributed by atoms with Crippen molar-refractivity contribution >= 4 is 46.5 Å². The van der Waals surface area contributed by atoms with Crippen molar-refractivity contribution in [2.45, 2.75) is 0 Å². The van der Waals surface area contributed by atoms with Crippen LogP contribution in [0.1, 0.15) is 0 Å². The maximum absolute atomic E-state index is 13.2. The van der Waals surface area contributed by atoms with Gasteiger partial charge in [-0.1, -0.05) is 23.2 Å². The third-order valence-electron chi connectivity index (χ3n) is 2.79. The van der Waals surface area contributed by atoms with Gasteiger partial charge in [0.15, 0.2) is 4.77 Å². The summed E-state index contributed by atoms with van der Waals surface area (Å²) in [5, 5.41) is 1.07. The number of rotatable bonds is 1. The van der Waals surface area contributed by atoms with Crippen LogP contribution in [0.4, 0.5) is 4.39 Å². The molecular formula is C13H7Cl2FN2S. The van der Waals surface area contributed by atoms with E-state index >= 15 is 0 Å². The van der Waals surface area contributed by atoms with Gasteiger partial charge in [0, 0.05) is 5.02 Å². The molecule has 0 bridgehead atoms. The summed E-state index contributed by atoms with van der Waals surface area (Å²) in [5.74, 6) is -0.326. The molecule has 2 aromatic carbocycles. The number of nitrogens with one attached hydrogen (secondary N) is 1. The lowest BCUT2D eigenvalue weighted by Crippen LogP contribution is -1.95. The van der Waals surface area contributed by atoms with Gasteiger partial charge in [-0.2, -0.15) is 0 Å². The van der Waals surface area contributed by atoms with Gasteiger partial charge < -0.3 is 4.98 Å². The van der Waals surface area contributed by atoms with Crippen LogP contribution in [0, 0.1) is 10.6 Å². The molecule has 1 heterocycles. The molecule has 19 heavy (non-hydrogen) atoms. The fourth-order valence-electron chi connectivity index (χ4n) is 1.98. The lowest BCUT2D eigenvalue weighted by molar-refractivity contribution is 0.629. The Labute approximate surface area is 123 Å². The first-order valence-corrected chi connectivity index (χ1v) is 6.58. The molecule has 0 radical (unpaired) electrons. The Bertz CT molecular complexity index is 838. The molecule has 0 saturated carbocycles. The molecule has 3 aromatic rings. The largest absolute Gasteiger partial charge is 0.330 e. The second-order valence-corrected chi connectivity index (χ2v) is 5.25. The average molecular weight is 313 g/mol. The van der Waals surface area contributed by atoms with Gasteiger partial charge in [0.25, 0.3) is 0 Å². The summed E-state index contributed by atoms with van der Waals surface area (Å²) in [4.78, 5) is 2.95. The average Bonchev–Trinajstić information content (AvgIpc) is 2.67. The van der Waals surface area contributed by atoms with Crippen LogP contribution in [-0.2, 0) is 0 Å². The molecule has 0 spiro atoms. The van der Waals surface area contributed by atoms with Gasteiger partial charge in [-0.05, 0) is 48.6 Å². The zero-order chi connectivity index (χ0) is 13.6. The van der Waals surface area contributed by atoms with Crippen molar-refractivity contribution in [1.29, 1.82) is 0 Å². The molecule has 1 N–H and O–H groups in total. The summed E-state index contributed by atoms with van der Waals surface area (Å²) in [5.41, 5.74) is 2.02. The lowest BCUT2D eigenvalue weighted by Gasteiger charge is -2.07. The van der Waals surface area contributed by atoms with E-state index in [0.29, 0.717) is 26.0 Å². The highest BCUT2D eigenvalue weighted by Gasteiger charge is 2.10. The predicted octanol–water partition coefficient (Wildman–Crippen LogP) is 5.13. The molecular weight excluding hydrogens is 306 g/mol. The quantitative estimate of drug-likeness (QED) is 0.617.